The molecule has 1 fully saturated rings. The molecule has 0 saturated carbocycles. The van der Waals surface area contributed by atoms with Gasteiger partial charge in [0.25, 0.3) is 0 Å². The molecule has 0 aliphatic carbocycles. The highest BCUT2D eigenvalue weighted by atomic mass is 19.1. The minimum atomic E-state index is -0.165. The lowest BCUT2D eigenvalue weighted by molar-refractivity contribution is 0.131. The van der Waals surface area contributed by atoms with Crippen LogP contribution in [0.1, 0.15) is 18.1 Å². The number of nitrogens with zero attached hydrogens (tertiary/aromatic N) is 2. The van der Waals surface area contributed by atoms with Crippen molar-refractivity contribution in [3.8, 4) is 0 Å². The molecule has 2 N–H and O–H groups in total. The molecule has 2 aromatic rings. The Morgan fingerprint density at radius 1 is 0.920 bits per heavy atom. The standard InChI is InChI=1S/C20H27FN4/c1-2-24-10-12-25(13-11-24)16-18-14-19(21)9-8-17(18)15-22-23-20-6-4-3-5-7-20/h3-9,14,22-23H,2,10-13,15-16H2,1H3. The minimum absolute atomic E-state index is 0.165. The number of rotatable bonds is 7. The zero-order valence-corrected chi connectivity index (χ0v) is 14.8. The summed E-state index contributed by atoms with van der Waals surface area (Å²) < 4.78 is 13.7. The van der Waals surface area contributed by atoms with Gasteiger partial charge in [0.2, 0.25) is 0 Å². The van der Waals surface area contributed by atoms with Gasteiger partial charge in [-0.1, -0.05) is 31.2 Å². The predicted molar refractivity (Wildman–Crippen MR) is 101 cm³/mol. The summed E-state index contributed by atoms with van der Waals surface area (Å²) in [5, 5.41) is 0. The second-order valence-electron chi connectivity index (χ2n) is 6.47. The Hall–Kier alpha value is -1.95. The van der Waals surface area contributed by atoms with Crippen LogP contribution in [0, 0.1) is 5.82 Å². The van der Waals surface area contributed by atoms with Crippen molar-refractivity contribution < 1.29 is 4.39 Å². The topological polar surface area (TPSA) is 30.5 Å². The van der Waals surface area contributed by atoms with Crippen molar-refractivity contribution in [3.05, 3.63) is 65.5 Å². The molecule has 1 aliphatic heterocycles. The molecule has 0 bridgehead atoms. The van der Waals surface area contributed by atoms with Crippen LogP contribution in [0.2, 0.25) is 0 Å². The SMILES string of the molecule is CCN1CCN(Cc2cc(F)ccc2CNNc2ccccc2)CC1. The average molecular weight is 342 g/mol. The van der Waals surface area contributed by atoms with Crippen molar-refractivity contribution in [2.75, 3.05) is 38.1 Å². The summed E-state index contributed by atoms with van der Waals surface area (Å²) in [6, 6.07) is 15.1. The minimum Gasteiger partial charge on any atom is -0.321 e. The van der Waals surface area contributed by atoms with E-state index in [1.165, 1.54) is 6.07 Å². The fourth-order valence-corrected chi connectivity index (χ4v) is 3.18. The fourth-order valence-electron chi connectivity index (χ4n) is 3.18. The molecule has 25 heavy (non-hydrogen) atoms. The summed E-state index contributed by atoms with van der Waals surface area (Å²) in [5.74, 6) is -0.165. The number of hydrazine groups is 1. The monoisotopic (exact) mass is 342 g/mol. The molecule has 0 amide bonds. The zero-order chi connectivity index (χ0) is 17.5. The first-order valence-corrected chi connectivity index (χ1v) is 9.00. The van der Waals surface area contributed by atoms with E-state index >= 15 is 0 Å². The Morgan fingerprint density at radius 3 is 2.36 bits per heavy atom. The van der Waals surface area contributed by atoms with Gasteiger partial charge in [0, 0.05) is 45.0 Å². The fraction of sp³-hybridized carbons (Fsp3) is 0.400. The van der Waals surface area contributed by atoms with E-state index in [1.807, 2.05) is 36.4 Å². The number of anilines is 1. The molecule has 1 saturated heterocycles. The van der Waals surface area contributed by atoms with Crippen LogP contribution in [0.15, 0.2) is 48.5 Å². The Bertz CT molecular complexity index is 654. The third kappa shape index (κ3) is 5.26. The number of para-hydroxylation sites is 1. The maximum Gasteiger partial charge on any atom is 0.123 e. The number of likely N-dealkylation sites (N-methyl/N-ethyl adjacent to an activating group) is 1. The Morgan fingerprint density at radius 2 is 1.64 bits per heavy atom. The van der Waals surface area contributed by atoms with Crippen LogP contribution in [-0.4, -0.2) is 42.5 Å². The smallest absolute Gasteiger partial charge is 0.123 e. The van der Waals surface area contributed by atoms with Gasteiger partial charge in [-0.25, -0.2) is 9.82 Å². The molecule has 1 aliphatic rings. The van der Waals surface area contributed by atoms with Crippen LogP contribution in [0.25, 0.3) is 0 Å². The van der Waals surface area contributed by atoms with Crippen molar-refractivity contribution in [1.29, 1.82) is 0 Å². The average Bonchev–Trinajstić information content (AvgIpc) is 2.65. The largest absolute Gasteiger partial charge is 0.321 e. The molecule has 0 unspecified atom stereocenters. The van der Waals surface area contributed by atoms with E-state index in [4.69, 9.17) is 0 Å². The number of hydrogen-bond acceptors (Lipinski definition) is 4. The normalized spacial score (nSPS) is 16.1. The third-order valence-electron chi connectivity index (χ3n) is 4.76. The highest BCUT2D eigenvalue weighted by Crippen LogP contribution is 2.16. The molecule has 0 spiro atoms. The summed E-state index contributed by atoms with van der Waals surface area (Å²) in [5.41, 5.74) is 9.63. The van der Waals surface area contributed by atoms with E-state index in [2.05, 4.69) is 27.6 Å². The summed E-state index contributed by atoms with van der Waals surface area (Å²) in [4.78, 5) is 4.86. The second-order valence-corrected chi connectivity index (χ2v) is 6.47. The number of nitrogens with one attached hydrogen (secondary N) is 2. The summed E-state index contributed by atoms with van der Waals surface area (Å²) >= 11 is 0. The lowest BCUT2D eigenvalue weighted by Gasteiger charge is -2.34. The molecule has 0 radical (unpaired) electrons. The molecule has 0 aromatic heterocycles. The molecule has 134 valence electrons. The van der Waals surface area contributed by atoms with Crippen LogP contribution < -0.4 is 10.9 Å². The summed E-state index contributed by atoms with van der Waals surface area (Å²) in [7, 11) is 0. The Labute approximate surface area is 149 Å². The van der Waals surface area contributed by atoms with Crippen LogP contribution >= 0.6 is 0 Å². The zero-order valence-electron chi connectivity index (χ0n) is 14.8. The van der Waals surface area contributed by atoms with E-state index in [-0.39, 0.29) is 5.82 Å². The van der Waals surface area contributed by atoms with E-state index < -0.39 is 0 Å². The number of hydrogen-bond donors (Lipinski definition) is 2. The van der Waals surface area contributed by atoms with Crippen LogP contribution in [0.4, 0.5) is 10.1 Å². The van der Waals surface area contributed by atoms with Gasteiger partial charge in [0.15, 0.2) is 0 Å². The second kappa shape index (κ2) is 8.94. The van der Waals surface area contributed by atoms with Gasteiger partial charge in [-0.3, -0.25) is 4.90 Å². The van der Waals surface area contributed by atoms with Gasteiger partial charge in [-0.15, -0.1) is 0 Å². The van der Waals surface area contributed by atoms with Gasteiger partial charge in [0.05, 0.1) is 0 Å². The molecular weight excluding hydrogens is 315 g/mol. The highest BCUT2D eigenvalue weighted by molar-refractivity contribution is 5.41. The van der Waals surface area contributed by atoms with E-state index in [1.54, 1.807) is 6.07 Å². The lowest BCUT2D eigenvalue weighted by Crippen LogP contribution is -2.45. The Kier molecular flexibility index (Phi) is 6.39. The summed E-state index contributed by atoms with van der Waals surface area (Å²) in [6.07, 6.45) is 0. The first-order chi connectivity index (χ1) is 12.2. The molecule has 1 heterocycles. The predicted octanol–water partition coefficient (Wildman–Crippen LogP) is 3.08. The number of benzene rings is 2. The summed E-state index contributed by atoms with van der Waals surface area (Å²) in [6.45, 7) is 9.03. The highest BCUT2D eigenvalue weighted by Gasteiger charge is 2.17. The molecule has 2 aromatic carbocycles. The lowest BCUT2D eigenvalue weighted by atomic mass is 10.1. The number of piperazine rings is 1. The van der Waals surface area contributed by atoms with Crippen LogP contribution in [0.5, 0.6) is 0 Å². The van der Waals surface area contributed by atoms with Crippen molar-refractivity contribution in [1.82, 2.24) is 15.2 Å². The Balaban J connectivity index is 1.58. The number of halogens is 1. The van der Waals surface area contributed by atoms with Crippen molar-refractivity contribution >= 4 is 5.69 Å². The quantitative estimate of drug-likeness (QED) is 0.757. The maximum absolute atomic E-state index is 13.7. The van der Waals surface area contributed by atoms with E-state index in [9.17, 15) is 4.39 Å². The van der Waals surface area contributed by atoms with Crippen molar-refractivity contribution in [2.24, 2.45) is 0 Å². The third-order valence-corrected chi connectivity index (χ3v) is 4.76. The van der Waals surface area contributed by atoms with E-state index in [0.29, 0.717) is 6.54 Å². The molecule has 4 nitrogen and oxygen atoms in total. The van der Waals surface area contributed by atoms with Gasteiger partial charge in [-0.2, -0.15) is 0 Å². The van der Waals surface area contributed by atoms with Crippen molar-refractivity contribution in [2.45, 2.75) is 20.0 Å². The maximum atomic E-state index is 13.7. The molecule has 5 heteroatoms. The first kappa shape index (κ1) is 17.9. The van der Waals surface area contributed by atoms with Gasteiger partial charge < -0.3 is 10.3 Å². The van der Waals surface area contributed by atoms with E-state index in [0.717, 1.165) is 56.1 Å². The molecule has 3 rings (SSSR count). The molecular formula is C20H27FN4. The van der Waals surface area contributed by atoms with Gasteiger partial charge >= 0.3 is 0 Å². The first-order valence-electron chi connectivity index (χ1n) is 9.00. The van der Waals surface area contributed by atoms with Crippen LogP contribution in [0.3, 0.4) is 0 Å². The van der Waals surface area contributed by atoms with Crippen molar-refractivity contribution in [3.63, 3.8) is 0 Å². The molecule has 0 atom stereocenters. The van der Waals surface area contributed by atoms with Gasteiger partial charge in [0.1, 0.15) is 5.82 Å². The van der Waals surface area contributed by atoms with Gasteiger partial charge in [-0.05, 0) is 41.9 Å². The van der Waals surface area contributed by atoms with Crippen LogP contribution in [-0.2, 0) is 13.1 Å².